The third kappa shape index (κ3) is 1.63. The number of rotatable bonds is 2. The van der Waals surface area contributed by atoms with Crippen molar-refractivity contribution in [3.63, 3.8) is 0 Å². The summed E-state index contributed by atoms with van der Waals surface area (Å²) in [6.07, 6.45) is 0. The van der Waals surface area contributed by atoms with Gasteiger partial charge in [-0.15, -0.1) is 0 Å². The van der Waals surface area contributed by atoms with Crippen LogP contribution in [0.5, 0.6) is 0 Å². The first-order chi connectivity index (χ1) is 7.41. The van der Waals surface area contributed by atoms with Crippen LogP contribution in [0.4, 0.5) is 0 Å². The van der Waals surface area contributed by atoms with E-state index in [0.29, 0.717) is 17.3 Å². The highest BCUT2D eigenvalue weighted by Gasteiger charge is 2.57. The van der Waals surface area contributed by atoms with Crippen LogP contribution in [0.1, 0.15) is 36.5 Å². The molecule has 0 aromatic heterocycles. The number of nitrogens with two attached hydrogens (primary N) is 1. The number of hydrogen-bond donors (Lipinski definition) is 1. The molecule has 0 bridgehead atoms. The lowest BCUT2D eigenvalue weighted by molar-refractivity contribution is 0.558. The third-order valence-electron chi connectivity index (χ3n) is 4.26. The predicted molar refractivity (Wildman–Crippen MR) is 72.7 cm³/mol. The standard InChI is InChI=1S/C14H20BrN/c1-8-5-6-10(9(2)13(8)15)12-11(7-16)14(12,3)4/h5-6,11-12H,7,16H2,1-4H3/t11-,12-/m1/s1. The molecule has 2 rings (SSSR count). The van der Waals surface area contributed by atoms with Crippen molar-refractivity contribution in [2.24, 2.45) is 17.1 Å². The maximum Gasteiger partial charge on any atom is 0.0236 e. The fourth-order valence-electron chi connectivity index (χ4n) is 2.97. The molecule has 1 fully saturated rings. The Hall–Kier alpha value is -0.340. The molecule has 0 aliphatic heterocycles. The van der Waals surface area contributed by atoms with Crippen molar-refractivity contribution in [2.45, 2.75) is 33.6 Å². The van der Waals surface area contributed by atoms with Gasteiger partial charge in [0.25, 0.3) is 0 Å². The van der Waals surface area contributed by atoms with Gasteiger partial charge in [-0.3, -0.25) is 0 Å². The molecular formula is C14H20BrN. The van der Waals surface area contributed by atoms with Gasteiger partial charge >= 0.3 is 0 Å². The van der Waals surface area contributed by atoms with E-state index in [1.807, 2.05) is 0 Å². The highest BCUT2D eigenvalue weighted by atomic mass is 79.9. The highest BCUT2D eigenvalue weighted by Crippen LogP contribution is 2.64. The number of aryl methyl sites for hydroxylation is 1. The molecule has 1 saturated carbocycles. The molecule has 1 aromatic rings. The van der Waals surface area contributed by atoms with Crippen molar-refractivity contribution >= 4 is 15.9 Å². The van der Waals surface area contributed by atoms with E-state index in [2.05, 4.69) is 55.8 Å². The summed E-state index contributed by atoms with van der Waals surface area (Å²) in [5.74, 6) is 1.27. The van der Waals surface area contributed by atoms with E-state index in [9.17, 15) is 0 Å². The molecule has 1 aliphatic carbocycles. The van der Waals surface area contributed by atoms with Gasteiger partial charge in [-0.05, 0) is 54.3 Å². The van der Waals surface area contributed by atoms with Crippen LogP contribution < -0.4 is 5.73 Å². The predicted octanol–water partition coefficient (Wildman–Crippen LogP) is 3.76. The summed E-state index contributed by atoms with van der Waals surface area (Å²) in [5.41, 5.74) is 10.4. The summed E-state index contributed by atoms with van der Waals surface area (Å²) in [6, 6.07) is 4.48. The lowest BCUT2D eigenvalue weighted by Gasteiger charge is -2.11. The Kier molecular flexibility index (Phi) is 2.92. The van der Waals surface area contributed by atoms with Gasteiger partial charge in [0.2, 0.25) is 0 Å². The van der Waals surface area contributed by atoms with Gasteiger partial charge in [0.05, 0.1) is 0 Å². The Bertz CT molecular complexity index is 423. The molecule has 0 heterocycles. The third-order valence-corrected chi connectivity index (χ3v) is 5.48. The lowest BCUT2D eigenvalue weighted by Crippen LogP contribution is -2.05. The van der Waals surface area contributed by atoms with Gasteiger partial charge in [-0.1, -0.05) is 41.9 Å². The Morgan fingerprint density at radius 2 is 1.94 bits per heavy atom. The molecule has 0 spiro atoms. The first-order valence-corrected chi connectivity index (χ1v) is 6.66. The molecule has 88 valence electrons. The minimum absolute atomic E-state index is 0.369. The van der Waals surface area contributed by atoms with E-state index in [4.69, 9.17) is 5.73 Å². The second-order valence-electron chi connectivity index (χ2n) is 5.55. The van der Waals surface area contributed by atoms with Gasteiger partial charge in [0, 0.05) is 4.47 Å². The molecule has 0 saturated heterocycles. The molecular weight excluding hydrogens is 262 g/mol. The lowest BCUT2D eigenvalue weighted by atomic mass is 9.97. The molecule has 2 atom stereocenters. The van der Waals surface area contributed by atoms with Gasteiger partial charge < -0.3 is 5.73 Å². The zero-order valence-corrected chi connectivity index (χ0v) is 12.1. The molecule has 2 heteroatoms. The van der Waals surface area contributed by atoms with Gasteiger partial charge in [0.15, 0.2) is 0 Å². The monoisotopic (exact) mass is 281 g/mol. The zero-order chi connectivity index (χ0) is 12.1. The van der Waals surface area contributed by atoms with E-state index in [-0.39, 0.29) is 0 Å². The summed E-state index contributed by atoms with van der Waals surface area (Å²) in [7, 11) is 0. The van der Waals surface area contributed by atoms with E-state index in [1.165, 1.54) is 21.2 Å². The SMILES string of the molecule is Cc1ccc([C@@H]2[C@@H](CN)C2(C)C)c(C)c1Br. The van der Waals surface area contributed by atoms with Crippen LogP contribution in [0.2, 0.25) is 0 Å². The summed E-state index contributed by atoms with van der Waals surface area (Å²) in [5, 5.41) is 0. The molecule has 1 aliphatic rings. The average molecular weight is 282 g/mol. The normalized spacial score (nSPS) is 26.9. The van der Waals surface area contributed by atoms with Crippen LogP contribution >= 0.6 is 15.9 Å². The first kappa shape index (κ1) is 12.1. The van der Waals surface area contributed by atoms with Crippen molar-refractivity contribution in [1.82, 2.24) is 0 Å². The van der Waals surface area contributed by atoms with Crippen LogP contribution in [0.15, 0.2) is 16.6 Å². The van der Waals surface area contributed by atoms with Gasteiger partial charge in [-0.2, -0.15) is 0 Å². The van der Waals surface area contributed by atoms with Crippen molar-refractivity contribution in [3.8, 4) is 0 Å². The molecule has 16 heavy (non-hydrogen) atoms. The molecule has 0 radical (unpaired) electrons. The van der Waals surface area contributed by atoms with Gasteiger partial charge in [-0.25, -0.2) is 0 Å². The van der Waals surface area contributed by atoms with E-state index in [0.717, 1.165) is 6.54 Å². The molecule has 1 aromatic carbocycles. The summed E-state index contributed by atoms with van der Waals surface area (Å²) in [4.78, 5) is 0. The van der Waals surface area contributed by atoms with Gasteiger partial charge in [0.1, 0.15) is 0 Å². The number of benzene rings is 1. The molecule has 2 N–H and O–H groups in total. The Labute approximate surface area is 107 Å². The van der Waals surface area contributed by atoms with Crippen molar-refractivity contribution in [3.05, 3.63) is 33.3 Å². The summed E-state index contributed by atoms with van der Waals surface area (Å²) >= 11 is 3.67. The van der Waals surface area contributed by atoms with Crippen molar-refractivity contribution in [1.29, 1.82) is 0 Å². The smallest absolute Gasteiger partial charge is 0.0236 e. The summed E-state index contributed by atoms with van der Waals surface area (Å²) in [6.45, 7) is 9.78. The topological polar surface area (TPSA) is 26.0 Å². The fraction of sp³-hybridized carbons (Fsp3) is 0.571. The van der Waals surface area contributed by atoms with Crippen LogP contribution in [-0.4, -0.2) is 6.54 Å². The Morgan fingerprint density at radius 1 is 1.31 bits per heavy atom. The number of hydrogen-bond acceptors (Lipinski definition) is 1. The zero-order valence-electron chi connectivity index (χ0n) is 10.5. The molecule has 1 nitrogen and oxygen atoms in total. The Balaban J connectivity index is 2.41. The minimum atomic E-state index is 0.369. The molecule has 0 amide bonds. The average Bonchev–Trinajstić information content (AvgIpc) is 2.77. The maximum atomic E-state index is 5.84. The van der Waals surface area contributed by atoms with E-state index in [1.54, 1.807) is 0 Å². The van der Waals surface area contributed by atoms with Crippen LogP contribution in [0, 0.1) is 25.2 Å². The van der Waals surface area contributed by atoms with Crippen molar-refractivity contribution < 1.29 is 0 Å². The largest absolute Gasteiger partial charge is 0.330 e. The highest BCUT2D eigenvalue weighted by molar-refractivity contribution is 9.10. The quantitative estimate of drug-likeness (QED) is 0.878. The second-order valence-corrected chi connectivity index (χ2v) is 6.34. The fourth-order valence-corrected chi connectivity index (χ4v) is 3.33. The van der Waals surface area contributed by atoms with E-state index >= 15 is 0 Å². The van der Waals surface area contributed by atoms with Crippen molar-refractivity contribution in [2.75, 3.05) is 6.54 Å². The summed E-state index contributed by atoms with van der Waals surface area (Å²) < 4.78 is 1.25. The van der Waals surface area contributed by atoms with E-state index < -0.39 is 0 Å². The minimum Gasteiger partial charge on any atom is -0.330 e. The molecule has 0 unspecified atom stereocenters. The second kappa shape index (κ2) is 3.85. The maximum absolute atomic E-state index is 5.84. The first-order valence-electron chi connectivity index (χ1n) is 5.87. The number of halogens is 1. The van der Waals surface area contributed by atoms with Crippen LogP contribution in [0.3, 0.4) is 0 Å². The van der Waals surface area contributed by atoms with Crippen LogP contribution in [0.25, 0.3) is 0 Å². The van der Waals surface area contributed by atoms with Crippen LogP contribution in [-0.2, 0) is 0 Å². The Morgan fingerprint density at radius 3 is 2.44 bits per heavy atom.